The fourth-order valence-corrected chi connectivity index (χ4v) is 2.86. The Labute approximate surface area is 122 Å². The predicted octanol–water partition coefficient (Wildman–Crippen LogP) is 2.42. The Morgan fingerprint density at radius 3 is 2.85 bits per heavy atom. The molecule has 2 aromatic rings. The van der Waals surface area contributed by atoms with E-state index in [0.29, 0.717) is 12.4 Å². The number of aromatic nitrogens is 2. The first kappa shape index (κ1) is 13.2. The third kappa shape index (κ3) is 3.19. The van der Waals surface area contributed by atoms with Crippen molar-refractivity contribution in [1.29, 1.82) is 0 Å². The third-order valence-corrected chi connectivity index (χ3v) is 3.94. The number of nitrogens with two attached hydrogens (primary N) is 1. The molecule has 0 radical (unpaired) electrons. The van der Waals surface area contributed by atoms with Crippen LogP contribution >= 0.6 is 11.8 Å². The van der Waals surface area contributed by atoms with Gasteiger partial charge in [-0.1, -0.05) is 0 Å². The van der Waals surface area contributed by atoms with Crippen LogP contribution < -0.4 is 15.2 Å². The van der Waals surface area contributed by atoms with Gasteiger partial charge in [-0.2, -0.15) is 5.10 Å². The van der Waals surface area contributed by atoms with E-state index in [-0.39, 0.29) is 0 Å². The first-order valence-electron chi connectivity index (χ1n) is 6.63. The maximum atomic E-state index is 5.68. The number of hydrogen-bond donors (Lipinski definition) is 1. The topological polar surface area (TPSA) is 62.3 Å². The summed E-state index contributed by atoms with van der Waals surface area (Å²) in [7, 11) is 0. The van der Waals surface area contributed by atoms with E-state index in [4.69, 9.17) is 15.2 Å². The van der Waals surface area contributed by atoms with Gasteiger partial charge in [-0.25, -0.2) is 0 Å². The largest absolute Gasteiger partial charge is 0.490 e. The summed E-state index contributed by atoms with van der Waals surface area (Å²) >= 11 is 1.77. The van der Waals surface area contributed by atoms with E-state index in [9.17, 15) is 0 Å². The van der Waals surface area contributed by atoms with Crippen molar-refractivity contribution in [3.8, 4) is 11.5 Å². The van der Waals surface area contributed by atoms with Crippen LogP contribution in [-0.2, 0) is 6.54 Å². The molecule has 0 bridgehead atoms. The number of ether oxygens (including phenoxy) is 2. The standard InChI is InChI=1S/C14H17N3O2S/c15-14-4-5-17(16-14)6-9-20-11-2-3-12-13(10-11)19-8-1-7-18-12/h2-5,10H,1,6-9H2,(H2,15,16). The maximum absolute atomic E-state index is 5.68. The Kier molecular flexibility index (Phi) is 4.01. The molecule has 1 aromatic carbocycles. The van der Waals surface area contributed by atoms with Crippen molar-refractivity contribution in [1.82, 2.24) is 9.78 Å². The lowest BCUT2D eigenvalue weighted by Crippen LogP contribution is -2.01. The molecule has 2 heterocycles. The van der Waals surface area contributed by atoms with Crippen molar-refractivity contribution < 1.29 is 9.47 Å². The number of rotatable bonds is 4. The number of fused-ring (bicyclic) bond motifs is 1. The molecule has 0 unspecified atom stereocenters. The first-order valence-corrected chi connectivity index (χ1v) is 7.61. The highest BCUT2D eigenvalue weighted by Gasteiger charge is 2.10. The van der Waals surface area contributed by atoms with Crippen LogP contribution in [0.2, 0.25) is 0 Å². The van der Waals surface area contributed by atoms with Crippen molar-refractivity contribution in [3.63, 3.8) is 0 Å². The zero-order valence-electron chi connectivity index (χ0n) is 11.1. The quantitative estimate of drug-likeness (QED) is 0.877. The number of hydrogen-bond acceptors (Lipinski definition) is 5. The molecular formula is C14H17N3O2S. The molecule has 1 aliphatic heterocycles. The zero-order chi connectivity index (χ0) is 13.8. The molecule has 0 saturated heterocycles. The van der Waals surface area contributed by atoms with E-state index in [0.717, 1.165) is 36.8 Å². The second kappa shape index (κ2) is 6.09. The van der Waals surface area contributed by atoms with E-state index in [1.807, 2.05) is 23.0 Å². The Hall–Kier alpha value is -1.82. The van der Waals surface area contributed by atoms with Gasteiger partial charge in [-0.15, -0.1) is 11.8 Å². The number of thioether (sulfide) groups is 1. The van der Waals surface area contributed by atoms with Crippen LogP contribution in [-0.4, -0.2) is 28.7 Å². The van der Waals surface area contributed by atoms with Crippen LogP contribution in [0.3, 0.4) is 0 Å². The molecule has 2 N–H and O–H groups in total. The Morgan fingerprint density at radius 1 is 1.20 bits per heavy atom. The summed E-state index contributed by atoms with van der Waals surface area (Å²) in [5, 5.41) is 4.16. The Morgan fingerprint density at radius 2 is 2.05 bits per heavy atom. The van der Waals surface area contributed by atoms with Gasteiger partial charge in [-0.3, -0.25) is 4.68 Å². The minimum atomic E-state index is 0.561. The highest BCUT2D eigenvalue weighted by atomic mass is 32.2. The molecule has 106 valence electrons. The molecule has 5 nitrogen and oxygen atoms in total. The van der Waals surface area contributed by atoms with Gasteiger partial charge in [0.1, 0.15) is 5.82 Å². The summed E-state index contributed by atoms with van der Waals surface area (Å²) in [5.41, 5.74) is 5.58. The minimum Gasteiger partial charge on any atom is -0.490 e. The van der Waals surface area contributed by atoms with Crippen LogP contribution in [0.4, 0.5) is 5.82 Å². The van der Waals surface area contributed by atoms with Crippen LogP contribution in [0.15, 0.2) is 35.4 Å². The highest BCUT2D eigenvalue weighted by Crippen LogP contribution is 2.33. The average Bonchev–Trinajstić information content (AvgIpc) is 2.73. The van der Waals surface area contributed by atoms with Gasteiger partial charge in [0.05, 0.1) is 19.8 Å². The summed E-state index contributed by atoms with van der Waals surface area (Å²) in [6.07, 6.45) is 2.82. The van der Waals surface area contributed by atoms with Gasteiger partial charge in [0.25, 0.3) is 0 Å². The van der Waals surface area contributed by atoms with Gasteiger partial charge < -0.3 is 15.2 Å². The minimum absolute atomic E-state index is 0.561. The fourth-order valence-electron chi connectivity index (χ4n) is 1.99. The number of nitrogens with zero attached hydrogens (tertiary/aromatic N) is 2. The molecule has 0 spiro atoms. The van der Waals surface area contributed by atoms with Crippen molar-refractivity contribution in [2.24, 2.45) is 0 Å². The Balaban J connectivity index is 1.59. The van der Waals surface area contributed by atoms with E-state index in [1.165, 1.54) is 4.90 Å². The van der Waals surface area contributed by atoms with Gasteiger partial charge in [0.15, 0.2) is 11.5 Å². The summed E-state index contributed by atoms with van der Waals surface area (Å²) in [6, 6.07) is 7.89. The lowest BCUT2D eigenvalue weighted by molar-refractivity contribution is 0.297. The molecule has 1 aromatic heterocycles. The molecule has 0 amide bonds. The van der Waals surface area contributed by atoms with Gasteiger partial charge in [-0.05, 0) is 24.3 Å². The molecule has 1 aliphatic rings. The Bertz CT molecular complexity index is 586. The van der Waals surface area contributed by atoms with E-state index in [1.54, 1.807) is 17.8 Å². The highest BCUT2D eigenvalue weighted by molar-refractivity contribution is 7.99. The molecule has 6 heteroatoms. The van der Waals surface area contributed by atoms with Gasteiger partial charge in [0.2, 0.25) is 0 Å². The zero-order valence-corrected chi connectivity index (χ0v) is 11.9. The molecule has 0 aliphatic carbocycles. The summed E-state index contributed by atoms with van der Waals surface area (Å²) < 4.78 is 13.2. The molecule has 0 saturated carbocycles. The van der Waals surface area contributed by atoms with Crippen LogP contribution in [0.25, 0.3) is 0 Å². The molecular weight excluding hydrogens is 274 g/mol. The maximum Gasteiger partial charge on any atom is 0.162 e. The number of benzene rings is 1. The van der Waals surface area contributed by atoms with E-state index < -0.39 is 0 Å². The van der Waals surface area contributed by atoms with E-state index >= 15 is 0 Å². The molecule has 20 heavy (non-hydrogen) atoms. The molecule has 0 atom stereocenters. The van der Waals surface area contributed by atoms with Crippen molar-refractivity contribution in [2.45, 2.75) is 17.9 Å². The third-order valence-electron chi connectivity index (χ3n) is 2.97. The fraction of sp³-hybridized carbons (Fsp3) is 0.357. The number of aryl methyl sites for hydroxylation is 1. The normalized spacial score (nSPS) is 14.0. The summed E-state index contributed by atoms with van der Waals surface area (Å²) in [4.78, 5) is 1.18. The second-order valence-electron chi connectivity index (χ2n) is 4.51. The average molecular weight is 291 g/mol. The monoisotopic (exact) mass is 291 g/mol. The summed E-state index contributed by atoms with van der Waals surface area (Å²) in [5.74, 6) is 3.17. The van der Waals surface area contributed by atoms with Crippen molar-refractivity contribution >= 4 is 17.6 Å². The SMILES string of the molecule is Nc1ccn(CCSc2ccc3c(c2)OCCCO3)n1. The lowest BCUT2D eigenvalue weighted by Gasteiger charge is -2.09. The lowest BCUT2D eigenvalue weighted by atomic mass is 10.3. The smallest absolute Gasteiger partial charge is 0.162 e. The number of nitrogen functional groups attached to an aromatic ring is 1. The predicted molar refractivity (Wildman–Crippen MR) is 79.4 cm³/mol. The van der Waals surface area contributed by atoms with Crippen LogP contribution in [0, 0.1) is 0 Å². The first-order chi connectivity index (χ1) is 9.81. The second-order valence-corrected chi connectivity index (χ2v) is 5.68. The molecule has 0 fully saturated rings. The van der Waals surface area contributed by atoms with Crippen molar-refractivity contribution in [2.75, 3.05) is 24.7 Å². The summed E-state index contributed by atoms with van der Waals surface area (Å²) in [6.45, 7) is 2.27. The van der Waals surface area contributed by atoms with E-state index in [2.05, 4.69) is 11.2 Å². The van der Waals surface area contributed by atoms with Gasteiger partial charge in [0, 0.05) is 23.3 Å². The molecule has 3 rings (SSSR count). The van der Waals surface area contributed by atoms with Crippen LogP contribution in [0.1, 0.15) is 6.42 Å². The van der Waals surface area contributed by atoms with Crippen LogP contribution in [0.5, 0.6) is 11.5 Å². The van der Waals surface area contributed by atoms with Gasteiger partial charge >= 0.3 is 0 Å². The number of anilines is 1. The van der Waals surface area contributed by atoms with Crippen molar-refractivity contribution in [3.05, 3.63) is 30.5 Å².